The summed E-state index contributed by atoms with van der Waals surface area (Å²) in [5.74, 6) is -0.625. The van der Waals surface area contributed by atoms with Crippen LogP contribution in [-0.2, 0) is 0 Å². The summed E-state index contributed by atoms with van der Waals surface area (Å²) in [6.45, 7) is 5.81. The molecule has 0 aliphatic carbocycles. The molecule has 1 atom stereocenters. The van der Waals surface area contributed by atoms with Crippen molar-refractivity contribution in [1.29, 1.82) is 0 Å². The minimum atomic E-state index is -0.625. The Morgan fingerprint density at radius 2 is 1.81 bits per heavy atom. The lowest BCUT2D eigenvalue weighted by molar-refractivity contribution is -0.384. The van der Waals surface area contributed by atoms with Crippen LogP contribution in [0.3, 0.4) is 0 Å². The number of hydrogen-bond acceptors (Lipinski definition) is 3. The van der Waals surface area contributed by atoms with Crippen LogP contribution in [-0.4, -0.2) is 4.92 Å². The molecule has 0 radical (unpaired) electrons. The Labute approximate surface area is 122 Å². The summed E-state index contributed by atoms with van der Waals surface area (Å²) in [5, 5.41) is 13.9. The van der Waals surface area contributed by atoms with E-state index in [1.807, 2.05) is 39.0 Å². The highest BCUT2D eigenvalue weighted by atomic mass is 19.1. The molecule has 2 rings (SSSR count). The summed E-state index contributed by atoms with van der Waals surface area (Å²) in [4.78, 5) is 10.4. The highest BCUT2D eigenvalue weighted by molar-refractivity contribution is 5.63. The Hall–Kier alpha value is -2.43. The van der Waals surface area contributed by atoms with Crippen LogP contribution in [0.15, 0.2) is 36.4 Å². The van der Waals surface area contributed by atoms with E-state index in [1.165, 1.54) is 18.2 Å². The van der Waals surface area contributed by atoms with Gasteiger partial charge in [-0.05, 0) is 32.4 Å². The zero-order chi connectivity index (χ0) is 15.6. The molecule has 5 heteroatoms. The fourth-order valence-electron chi connectivity index (χ4n) is 2.37. The number of nitro groups is 1. The van der Waals surface area contributed by atoms with Gasteiger partial charge in [0.05, 0.1) is 4.92 Å². The predicted molar refractivity (Wildman–Crippen MR) is 81.0 cm³/mol. The van der Waals surface area contributed by atoms with E-state index in [0.29, 0.717) is 0 Å². The number of nitrogens with one attached hydrogen (secondary N) is 1. The maximum Gasteiger partial charge on any atom is 0.295 e. The first kappa shape index (κ1) is 15.0. The van der Waals surface area contributed by atoms with E-state index < -0.39 is 10.7 Å². The summed E-state index contributed by atoms with van der Waals surface area (Å²) < 4.78 is 13.9. The molecular weight excluding hydrogens is 271 g/mol. The molecule has 0 aromatic heterocycles. The SMILES string of the molecule is Cc1cc(C)cc(C(C)Nc2c(F)cccc2[N+](=O)[O-])c1. The van der Waals surface area contributed by atoms with Gasteiger partial charge in [-0.15, -0.1) is 0 Å². The number of halogens is 1. The lowest BCUT2D eigenvalue weighted by Crippen LogP contribution is -2.10. The average molecular weight is 288 g/mol. The topological polar surface area (TPSA) is 55.2 Å². The van der Waals surface area contributed by atoms with Gasteiger partial charge in [0.1, 0.15) is 5.69 Å². The van der Waals surface area contributed by atoms with Crippen LogP contribution in [0.1, 0.15) is 29.7 Å². The summed E-state index contributed by atoms with van der Waals surface area (Å²) >= 11 is 0. The summed E-state index contributed by atoms with van der Waals surface area (Å²) in [6, 6.07) is 9.61. The Bertz CT molecular complexity index is 666. The molecule has 0 fully saturated rings. The molecule has 0 saturated heterocycles. The van der Waals surface area contributed by atoms with Crippen molar-refractivity contribution in [3.05, 3.63) is 69.0 Å². The maximum absolute atomic E-state index is 13.9. The molecule has 4 nitrogen and oxygen atoms in total. The van der Waals surface area contributed by atoms with E-state index in [0.717, 1.165) is 16.7 Å². The Kier molecular flexibility index (Phi) is 4.21. The zero-order valence-electron chi connectivity index (χ0n) is 12.2. The number of benzene rings is 2. The van der Waals surface area contributed by atoms with Gasteiger partial charge in [0.15, 0.2) is 5.82 Å². The molecular formula is C16H17FN2O2. The number of nitrogens with zero attached hydrogens (tertiary/aromatic N) is 1. The number of para-hydroxylation sites is 1. The molecule has 110 valence electrons. The van der Waals surface area contributed by atoms with Crippen LogP contribution in [0.25, 0.3) is 0 Å². The zero-order valence-corrected chi connectivity index (χ0v) is 12.2. The monoisotopic (exact) mass is 288 g/mol. The van der Waals surface area contributed by atoms with E-state index in [-0.39, 0.29) is 17.4 Å². The molecule has 0 heterocycles. The van der Waals surface area contributed by atoms with Crippen LogP contribution >= 0.6 is 0 Å². The minimum Gasteiger partial charge on any atom is -0.371 e. The standard InChI is InChI=1S/C16H17FN2O2/c1-10-7-11(2)9-13(8-10)12(3)18-16-14(17)5-4-6-15(16)19(20)21/h4-9,12,18H,1-3H3. The van der Waals surface area contributed by atoms with Gasteiger partial charge < -0.3 is 5.32 Å². The molecule has 21 heavy (non-hydrogen) atoms. The minimum absolute atomic E-state index is 0.0749. The second kappa shape index (κ2) is 5.91. The predicted octanol–water partition coefficient (Wildman–Crippen LogP) is 4.52. The second-order valence-corrected chi connectivity index (χ2v) is 5.18. The molecule has 0 spiro atoms. The summed E-state index contributed by atoms with van der Waals surface area (Å²) in [6.07, 6.45) is 0. The van der Waals surface area contributed by atoms with E-state index >= 15 is 0 Å². The van der Waals surface area contributed by atoms with Crippen molar-refractivity contribution in [2.45, 2.75) is 26.8 Å². The molecule has 0 aliphatic rings. The third kappa shape index (κ3) is 3.37. The van der Waals surface area contributed by atoms with Gasteiger partial charge in [-0.25, -0.2) is 4.39 Å². The first-order chi connectivity index (χ1) is 9.88. The van der Waals surface area contributed by atoms with Crippen molar-refractivity contribution in [2.24, 2.45) is 0 Å². The highest BCUT2D eigenvalue weighted by Crippen LogP contribution is 2.31. The first-order valence-corrected chi connectivity index (χ1v) is 6.66. The van der Waals surface area contributed by atoms with Crippen LogP contribution in [0.5, 0.6) is 0 Å². The first-order valence-electron chi connectivity index (χ1n) is 6.66. The molecule has 0 bridgehead atoms. The molecule has 1 unspecified atom stereocenters. The fraction of sp³-hybridized carbons (Fsp3) is 0.250. The van der Waals surface area contributed by atoms with Crippen molar-refractivity contribution in [2.75, 3.05) is 5.32 Å². The Morgan fingerprint density at radius 3 is 2.38 bits per heavy atom. The largest absolute Gasteiger partial charge is 0.371 e. The van der Waals surface area contributed by atoms with Gasteiger partial charge in [-0.1, -0.05) is 35.4 Å². The number of anilines is 1. The maximum atomic E-state index is 13.9. The van der Waals surface area contributed by atoms with Crippen molar-refractivity contribution in [3.63, 3.8) is 0 Å². The molecule has 0 saturated carbocycles. The van der Waals surface area contributed by atoms with Crippen LogP contribution in [0.2, 0.25) is 0 Å². The van der Waals surface area contributed by atoms with Gasteiger partial charge in [0.25, 0.3) is 5.69 Å². The molecule has 0 aliphatic heterocycles. The van der Waals surface area contributed by atoms with Gasteiger partial charge >= 0.3 is 0 Å². The van der Waals surface area contributed by atoms with Gasteiger partial charge in [-0.3, -0.25) is 10.1 Å². The average Bonchev–Trinajstić information content (AvgIpc) is 2.39. The summed E-state index contributed by atoms with van der Waals surface area (Å²) in [5.41, 5.74) is 2.83. The van der Waals surface area contributed by atoms with Gasteiger partial charge in [0, 0.05) is 12.1 Å². The van der Waals surface area contributed by atoms with Crippen molar-refractivity contribution >= 4 is 11.4 Å². The number of nitro benzene ring substituents is 1. The third-order valence-corrected chi connectivity index (χ3v) is 3.29. The summed E-state index contributed by atoms with van der Waals surface area (Å²) in [7, 11) is 0. The molecule has 2 aromatic rings. The van der Waals surface area contributed by atoms with Crippen LogP contribution in [0, 0.1) is 29.8 Å². The van der Waals surface area contributed by atoms with E-state index in [9.17, 15) is 14.5 Å². The molecule has 1 N–H and O–H groups in total. The van der Waals surface area contributed by atoms with Crippen LogP contribution in [0.4, 0.5) is 15.8 Å². The van der Waals surface area contributed by atoms with Crippen molar-refractivity contribution in [1.82, 2.24) is 0 Å². The quantitative estimate of drug-likeness (QED) is 0.664. The van der Waals surface area contributed by atoms with Crippen LogP contribution < -0.4 is 5.32 Å². The van der Waals surface area contributed by atoms with E-state index in [1.54, 1.807) is 0 Å². The second-order valence-electron chi connectivity index (χ2n) is 5.18. The fourth-order valence-corrected chi connectivity index (χ4v) is 2.37. The lowest BCUT2D eigenvalue weighted by Gasteiger charge is -2.17. The number of hydrogen-bond donors (Lipinski definition) is 1. The Morgan fingerprint density at radius 1 is 1.19 bits per heavy atom. The lowest BCUT2D eigenvalue weighted by atomic mass is 10.0. The van der Waals surface area contributed by atoms with Gasteiger partial charge in [0.2, 0.25) is 0 Å². The third-order valence-electron chi connectivity index (χ3n) is 3.29. The number of rotatable bonds is 4. The van der Waals surface area contributed by atoms with Crippen molar-refractivity contribution in [3.8, 4) is 0 Å². The normalized spacial score (nSPS) is 12.0. The Balaban J connectivity index is 2.35. The van der Waals surface area contributed by atoms with Crippen molar-refractivity contribution < 1.29 is 9.31 Å². The highest BCUT2D eigenvalue weighted by Gasteiger charge is 2.20. The molecule has 0 amide bonds. The van der Waals surface area contributed by atoms with E-state index in [2.05, 4.69) is 5.32 Å². The number of aryl methyl sites for hydroxylation is 2. The van der Waals surface area contributed by atoms with Gasteiger partial charge in [-0.2, -0.15) is 0 Å². The molecule has 2 aromatic carbocycles. The van der Waals surface area contributed by atoms with E-state index in [4.69, 9.17) is 0 Å². The smallest absolute Gasteiger partial charge is 0.295 e.